The van der Waals surface area contributed by atoms with Gasteiger partial charge in [0.05, 0.1) is 17.1 Å². The Labute approximate surface area is 131 Å². The minimum Gasteiger partial charge on any atom is -0.397 e. The summed E-state index contributed by atoms with van der Waals surface area (Å²) in [6, 6.07) is 9.94. The number of rotatable bonds is 2. The molecule has 0 aromatic heterocycles. The molecule has 0 fully saturated rings. The molecule has 1 aliphatic heterocycles. The third-order valence-corrected chi connectivity index (χ3v) is 4.22. The van der Waals surface area contributed by atoms with E-state index < -0.39 is 0 Å². The van der Waals surface area contributed by atoms with Crippen LogP contribution in [0.1, 0.15) is 17.5 Å². The van der Waals surface area contributed by atoms with Gasteiger partial charge in [-0.1, -0.05) is 6.07 Å². The minimum atomic E-state index is 0.0453. The third kappa shape index (κ3) is 2.88. The molecule has 2 aromatic carbocycles. The van der Waals surface area contributed by atoms with E-state index >= 15 is 0 Å². The summed E-state index contributed by atoms with van der Waals surface area (Å²) >= 11 is 3.55. The molecule has 0 saturated carbocycles. The van der Waals surface area contributed by atoms with Crippen LogP contribution in [0, 0.1) is 6.92 Å². The van der Waals surface area contributed by atoms with Crippen LogP contribution in [0.2, 0.25) is 0 Å². The second-order valence-corrected chi connectivity index (χ2v) is 6.11. The van der Waals surface area contributed by atoms with E-state index in [2.05, 4.69) is 32.6 Å². The van der Waals surface area contributed by atoms with Gasteiger partial charge in [-0.25, -0.2) is 0 Å². The number of fused-ring (bicyclic) bond motifs is 1. The van der Waals surface area contributed by atoms with Crippen LogP contribution in [0.15, 0.2) is 34.8 Å². The SMILES string of the molecule is Cc1ccc(Nc2cc3c(cc2N)NC(=O)CC3)c(Br)c1. The predicted molar refractivity (Wildman–Crippen MR) is 90.0 cm³/mol. The van der Waals surface area contributed by atoms with Crippen LogP contribution in [0.4, 0.5) is 22.7 Å². The smallest absolute Gasteiger partial charge is 0.224 e. The highest BCUT2D eigenvalue weighted by Crippen LogP contribution is 2.34. The molecule has 2 aromatic rings. The van der Waals surface area contributed by atoms with Crippen molar-refractivity contribution < 1.29 is 4.79 Å². The molecule has 5 heteroatoms. The first-order chi connectivity index (χ1) is 10.0. The number of nitrogen functional groups attached to an aromatic ring is 1. The van der Waals surface area contributed by atoms with Crippen LogP contribution < -0.4 is 16.4 Å². The van der Waals surface area contributed by atoms with Gasteiger partial charge in [0.15, 0.2) is 0 Å². The van der Waals surface area contributed by atoms with Crippen molar-refractivity contribution in [1.29, 1.82) is 0 Å². The quantitative estimate of drug-likeness (QED) is 0.721. The molecule has 0 radical (unpaired) electrons. The maximum absolute atomic E-state index is 11.4. The number of carbonyl (C=O) groups is 1. The summed E-state index contributed by atoms with van der Waals surface area (Å²) in [6.07, 6.45) is 1.26. The number of halogens is 1. The number of aryl methyl sites for hydroxylation is 2. The first-order valence-electron chi connectivity index (χ1n) is 6.78. The number of anilines is 4. The van der Waals surface area contributed by atoms with Crippen LogP contribution in [0.5, 0.6) is 0 Å². The Morgan fingerprint density at radius 1 is 1.19 bits per heavy atom. The Hall–Kier alpha value is -2.01. The largest absolute Gasteiger partial charge is 0.397 e. The first kappa shape index (κ1) is 13.9. The van der Waals surface area contributed by atoms with Gasteiger partial charge in [-0.3, -0.25) is 4.79 Å². The van der Waals surface area contributed by atoms with Gasteiger partial charge in [0.25, 0.3) is 0 Å². The molecule has 4 N–H and O–H groups in total. The molecule has 0 atom stereocenters. The van der Waals surface area contributed by atoms with Gasteiger partial charge < -0.3 is 16.4 Å². The molecule has 0 unspecified atom stereocenters. The molecule has 1 heterocycles. The van der Waals surface area contributed by atoms with E-state index in [9.17, 15) is 4.79 Å². The molecule has 1 amide bonds. The van der Waals surface area contributed by atoms with E-state index in [0.29, 0.717) is 12.1 Å². The first-order valence-corrected chi connectivity index (χ1v) is 7.57. The van der Waals surface area contributed by atoms with Gasteiger partial charge in [-0.05, 0) is 64.7 Å². The van der Waals surface area contributed by atoms with Crippen molar-refractivity contribution in [2.24, 2.45) is 0 Å². The average Bonchev–Trinajstić information content (AvgIpc) is 2.42. The Kier molecular flexibility index (Phi) is 3.59. The van der Waals surface area contributed by atoms with Crippen LogP contribution >= 0.6 is 15.9 Å². The van der Waals surface area contributed by atoms with Crippen LogP contribution in [-0.4, -0.2) is 5.91 Å². The van der Waals surface area contributed by atoms with E-state index in [1.807, 2.05) is 31.2 Å². The highest BCUT2D eigenvalue weighted by Gasteiger charge is 2.17. The van der Waals surface area contributed by atoms with Crippen molar-refractivity contribution in [3.63, 3.8) is 0 Å². The average molecular weight is 346 g/mol. The standard InChI is InChI=1S/C16H16BrN3O/c1-9-2-4-13(11(17)6-9)19-15-7-10-3-5-16(21)20-14(10)8-12(15)18/h2,4,6-8,19H,3,5,18H2,1H3,(H,20,21). The van der Waals surface area contributed by atoms with Gasteiger partial charge >= 0.3 is 0 Å². The summed E-state index contributed by atoms with van der Waals surface area (Å²) in [5.41, 5.74) is 11.6. The van der Waals surface area contributed by atoms with Gasteiger partial charge in [0.1, 0.15) is 0 Å². The van der Waals surface area contributed by atoms with Gasteiger partial charge in [0, 0.05) is 16.6 Å². The van der Waals surface area contributed by atoms with E-state index in [4.69, 9.17) is 5.73 Å². The van der Waals surface area contributed by atoms with E-state index in [1.165, 1.54) is 5.56 Å². The molecule has 0 spiro atoms. The Morgan fingerprint density at radius 2 is 2.00 bits per heavy atom. The maximum Gasteiger partial charge on any atom is 0.224 e. The molecule has 0 aliphatic carbocycles. The molecule has 0 bridgehead atoms. The number of hydrogen-bond donors (Lipinski definition) is 3. The zero-order chi connectivity index (χ0) is 15.0. The fourth-order valence-electron chi connectivity index (χ4n) is 2.42. The monoisotopic (exact) mass is 345 g/mol. The zero-order valence-corrected chi connectivity index (χ0v) is 13.3. The van der Waals surface area contributed by atoms with Crippen molar-refractivity contribution in [3.8, 4) is 0 Å². The van der Waals surface area contributed by atoms with Gasteiger partial charge in [-0.2, -0.15) is 0 Å². The Balaban J connectivity index is 1.94. The minimum absolute atomic E-state index is 0.0453. The number of carbonyl (C=O) groups excluding carboxylic acids is 1. The van der Waals surface area contributed by atoms with Crippen LogP contribution in [0.3, 0.4) is 0 Å². The van der Waals surface area contributed by atoms with Gasteiger partial charge in [-0.15, -0.1) is 0 Å². The molecule has 21 heavy (non-hydrogen) atoms. The van der Waals surface area contributed by atoms with Crippen molar-refractivity contribution in [1.82, 2.24) is 0 Å². The van der Waals surface area contributed by atoms with Crippen molar-refractivity contribution in [2.75, 3.05) is 16.4 Å². The normalized spacial score (nSPS) is 13.5. The molecular formula is C16H16BrN3O. The van der Waals surface area contributed by atoms with E-state index in [0.717, 1.165) is 33.5 Å². The van der Waals surface area contributed by atoms with E-state index in [-0.39, 0.29) is 5.91 Å². The Morgan fingerprint density at radius 3 is 2.76 bits per heavy atom. The Bertz CT molecular complexity index is 728. The summed E-state index contributed by atoms with van der Waals surface area (Å²) in [5.74, 6) is 0.0453. The molecule has 0 saturated heterocycles. The summed E-state index contributed by atoms with van der Waals surface area (Å²) in [5, 5.41) is 6.20. The summed E-state index contributed by atoms with van der Waals surface area (Å²) in [6.45, 7) is 2.05. The van der Waals surface area contributed by atoms with Crippen molar-refractivity contribution in [3.05, 3.63) is 45.9 Å². The zero-order valence-electron chi connectivity index (χ0n) is 11.7. The number of nitrogens with one attached hydrogen (secondary N) is 2. The third-order valence-electron chi connectivity index (χ3n) is 3.56. The van der Waals surface area contributed by atoms with Gasteiger partial charge in [0.2, 0.25) is 5.91 Å². The fourth-order valence-corrected chi connectivity index (χ4v) is 3.01. The topological polar surface area (TPSA) is 67.2 Å². The summed E-state index contributed by atoms with van der Waals surface area (Å²) in [7, 11) is 0. The van der Waals surface area contributed by atoms with Crippen LogP contribution in [0.25, 0.3) is 0 Å². The van der Waals surface area contributed by atoms with E-state index in [1.54, 1.807) is 0 Å². The lowest BCUT2D eigenvalue weighted by molar-refractivity contribution is -0.116. The van der Waals surface area contributed by atoms with Crippen molar-refractivity contribution in [2.45, 2.75) is 19.8 Å². The summed E-state index contributed by atoms with van der Waals surface area (Å²) < 4.78 is 0.993. The molecular weight excluding hydrogens is 330 g/mol. The maximum atomic E-state index is 11.4. The highest BCUT2D eigenvalue weighted by atomic mass is 79.9. The van der Waals surface area contributed by atoms with Crippen molar-refractivity contribution >= 4 is 44.6 Å². The second kappa shape index (κ2) is 5.41. The lowest BCUT2D eigenvalue weighted by Crippen LogP contribution is -2.19. The second-order valence-electron chi connectivity index (χ2n) is 5.25. The van der Waals surface area contributed by atoms with Crippen LogP contribution in [-0.2, 0) is 11.2 Å². The molecule has 108 valence electrons. The number of nitrogens with two attached hydrogens (primary N) is 1. The molecule has 4 nitrogen and oxygen atoms in total. The number of benzene rings is 2. The lowest BCUT2D eigenvalue weighted by Gasteiger charge is -2.20. The molecule has 1 aliphatic rings. The predicted octanol–water partition coefficient (Wildman–Crippen LogP) is 3.97. The lowest BCUT2D eigenvalue weighted by atomic mass is 10.0. The highest BCUT2D eigenvalue weighted by molar-refractivity contribution is 9.10. The number of hydrogen-bond acceptors (Lipinski definition) is 3. The number of amides is 1. The molecule has 3 rings (SSSR count). The fraction of sp³-hybridized carbons (Fsp3) is 0.188. The summed E-state index contributed by atoms with van der Waals surface area (Å²) in [4.78, 5) is 11.4.